The van der Waals surface area contributed by atoms with Crippen LogP contribution in [-0.4, -0.2) is 64.3 Å². The highest BCUT2D eigenvalue weighted by atomic mass is 32.1. The molecule has 2 aliphatic rings. The highest BCUT2D eigenvalue weighted by Gasteiger charge is 2.26. The van der Waals surface area contributed by atoms with Crippen molar-refractivity contribution in [3.8, 4) is 11.4 Å². The third kappa shape index (κ3) is 3.27. The maximum Gasteiger partial charge on any atom is 0.164 e. The van der Waals surface area contributed by atoms with Gasteiger partial charge in [-0.05, 0) is 43.4 Å². The molecule has 5 rings (SSSR count). The molecule has 1 N–H and O–H groups in total. The fourth-order valence-corrected chi connectivity index (χ4v) is 5.57. The van der Waals surface area contributed by atoms with Gasteiger partial charge in [-0.1, -0.05) is 0 Å². The minimum absolute atomic E-state index is 0.223. The predicted octanol–water partition coefficient (Wildman–Crippen LogP) is 2.75. The largest absolute Gasteiger partial charge is 0.395 e. The molecule has 6 nitrogen and oxygen atoms in total. The summed E-state index contributed by atoms with van der Waals surface area (Å²) < 4.78 is 0. The molecule has 0 amide bonds. The van der Waals surface area contributed by atoms with Gasteiger partial charge in [0.1, 0.15) is 10.6 Å². The van der Waals surface area contributed by atoms with E-state index in [0.29, 0.717) is 0 Å². The molecule has 0 spiro atoms. The zero-order valence-electron chi connectivity index (χ0n) is 16.0. The number of hydrogen-bond acceptors (Lipinski definition) is 7. The number of rotatable bonds is 4. The summed E-state index contributed by atoms with van der Waals surface area (Å²) in [7, 11) is 0. The maximum atomic E-state index is 9.23. The Balaban J connectivity index is 1.60. The molecule has 28 heavy (non-hydrogen) atoms. The molecule has 3 aromatic heterocycles. The number of nitrogens with zero attached hydrogens (tertiary/aromatic N) is 5. The van der Waals surface area contributed by atoms with Gasteiger partial charge in [-0.3, -0.25) is 9.88 Å². The summed E-state index contributed by atoms with van der Waals surface area (Å²) in [6, 6.07) is 3.97. The van der Waals surface area contributed by atoms with E-state index in [2.05, 4.69) is 14.8 Å². The number of aryl methyl sites for hydroxylation is 2. The van der Waals surface area contributed by atoms with Crippen LogP contribution in [0, 0.1) is 0 Å². The first-order valence-corrected chi connectivity index (χ1v) is 11.0. The van der Waals surface area contributed by atoms with Crippen LogP contribution in [-0.2, 0) is 12.8 Å². The predicted molar refractivity (Wildman–Crippen MR) is 113 cm³/mol. The Kier molecular flexibility index (Phi) is 4.96. The Bertz CT molecular complexity index is 966. The van der Waals surface area contributed by atoms with Crippen LogP contribution in [0.5, 0.6) is 0 Å². The smallest absolute Gasteiger partial charge is 0.164 e. The van der Waals surface area contributed by atoms with Gasteiger partial charge in [-0.25, -0.2) is 9.97 Å². The first-order chi connectivity index (χ1) is 13.8. The van der Waals surface area contributed by atoms with Crippen LogP contribution in [0.3, 0.4) is 0 Å². The van der Waals surface area contributed by atoms with E-state index in [9.17, 15) is 5.11 Å². The van der Waals surface area contributed by atoms with Crippen LogP contribution in [0.25, 0.3) is 21.6 Å². The summed E-state index contributed by atoms with van der Waals surface area (Å²) in [6.45, 7) is 4.76. The normalized spacial score (nSPS) is 17.8. The van der Waals surface area contributed by atoms with Crippen LogP contribution >= 0.6 is 11.3 Å². The van der Waals surface area contributed by atoms with Gasteiger partial charge in [0.05, 0.1) is 12.0 Å². The van der Waals surface area contributed by atoms with E-state index in [0.717, 1.165) is 61.2 Å². The molecule has 1 fully saturated rings. The summed E-state index contributed by atoms with van der Waals surface area (Å²) in [6.07, 6.45) is 8.47. The first-order valence-electron chi connectivity index (χ1n) is 10.1. The van der Waals surface area contributed by atoms with Crippen molar-refractivity contribution >= 4 is 27.4 Å². The first kappa shape index (κ1) is 18.0. The Labute approximate surface area is 168 Å². The van der Waals surface area contributed by atoms with Crippen molar-refractivity contribution in [2.45, 2.75) is 25.7 Å². The van der Waals surface area contributed by atoms with Gasteiger partial charge < -0.3 is 10.0 Å². The zero-order valence-corrected chi connectivity index (χ0v) is 16.8. The highest BCUT2D eigenvalue weighted by Crippen LogP contribution is 2.40. The number of pyridine rings is 1. The second kappa shape index (κ2) is 7.73. The number of aliphatic hydroxyl groups is 1. The van der Waals surface area contributed by atoms with Crippen molar-refractivity contribution in [1.29, 1.82) is 0 Å². The molecule has 1 saturated heterocycles. The second-order valence-corrected chi connectivity index (χ2v) is 8.64. The fourth-order valence-electron chi connectivity index (χ4n) is 4.32. The molecule has 4 heterocycles. The van der Waals surface area contributed by atoms with E-state index in [1.807, 2.05) is 29.7 Å². The number of aromatic nitrogens is 3. The monoisotopic (exact) mass is 395 g/mol. The Morgan fingerprint density at radius 3 is 2.71 bits per heavy atom. The van der Waals surface area contributed by atoms with Gasteiger partial charge in [0.25, 0.3) is 0 Å². The van der Waals surface area contributed by atoms with Gasteiger partial charge in [-0.2, -0.15) is 0 Å². The molecule has 1 aliphatic carbocycles. The summed E-state index contributed by atoms with van der Waals surface area (Å²) >= 11 is 1.85. The van der Waals surface area contributed by atoms with Crippen LogP contribution in [0.4, 0.5) is 5.82 Å². The molecule has 146 valence electrons. The lowest BCUT2D eigenvalue weighted by Crippen LogP contribution is -2.47. The summed E-state index contributed by atoms with van der Waals surface area (Å²) in [5, 5.41) is 10.5. The topological polar surface area (TPSA) is 65.4 Å². The Hall–Kier alpha value is -2.09. The quantitative estimate of drug-likeness (QED) is 0.733. The van der Waals surface area contributed by atoms with E-state index in [4.69, 9.17) is 9.97 Å². The minimum Gasteiger partial charge on any atom is -0.395 e. The molecule has 0 bridgehead atoms. The number of thiophene rings is 1. The van der Waals surface area contributed by atoms with Crippen molar-refractivity contribution in [3.63, 3.8) is 0 Å². The number of fused-ring (bicyclic) bond motifs is 3. The molecular formula is C21H25N5OS. The fraction of sp³-hybridized carbons (Fsp3) is 0.476. The SMILES string of the molecule is OCCN1CCN(c2nc(-c3cccnc3)nc3sc4c(c23)CCCC4)CC1. The van der Waals surface area contributed by atoms with E-state index < -0.39 is 0 Å². The van der Waals surface area contributed by atoms with E-state index in [-0.39, 0.29) is 6.61 Å². The van der Waals surface area contributed by atoms with Gasteiger partial charge in [0.2, 0.25) is 0 Å². The highest BCUT2D eigenvalue weighted by molar-refractivity contribution is 7.19. The third-order valence-electron chi connectivity index (χ3n) is 5.80. The van der Waals surface area contributed by atoms with Gasteiger partial charge >= 0.3 is 0 Å². The van der Waals surface area contributed by atoms with Crippen molar-refractivity contribution < 1.29 is 5.11 Å². The number of anilines is 1. The molecule has 7 heteroatoms. The molecular weight excluding hydrogens is 370 g/mol. The van der Waals surface area contributed by atoms with Crippen molar-refractivity contribution in [1.82, 2.24) is 19.9 Å². The van der Waals surface area contributed by atoms with E-state index >= 15 is 0 Å². The number of hydrogen-bond donors (Lipinski definition) is 1. The Morgan fingerprint density at radius 2 is 1.93 bits per heavy atom. The van der Waals surface area contributed by atoms with Crippen molar-refractivity contribution in [3.05, 3.63) is 35.0 Å². The van der Waals surface area contributed by atoms with Crippen LogP contribution < -0.4 is 4.90 Å². The van der Waals surface area contributed by atoms with Gasteiger partial charge in [0.15, 0.2) is 5.82 Å². The van der Waals surface area contributed by atoms with Crippen LogP contribution in [0.1, 0.15) is 23.3 Å². The minimum atomic E-state index is 0.223. The van der Waals surface area contributed by atoms with Gasteiger partial charge in [-0.15, -0.1) is 11.3 Å². The maximum absolute atomic E-state index is 9.23. The molecule has 0 aromatic carbocycles. The lowest BCUT2D eigenvalue weighted by atomic mass is 9.96. The molecule has 3 aromatic rings. The number of aliphatic hydroxyl groups excluding tert-OH is 1. The van der Waals surface area contributed by atoms with Crippen molar-refractivity contribution in [2.24, 2.45) is 0 Å². The Morgan fingerprint density at radius 1 is 1.07 bits per heavy atom. The molecule has 0 radical (unpaired) electrons. The zero-order chi connectivity index (χ0) is 18.9. The molecule has 0 saturated carbocycles. The lowest BCUT2D eigenvalue weighted by Gasteiger charge is -2.35. The van der Waals surface area contributed by atoms with Crippen LogP contribution in [0.15, 0.2) is 24.5 Å². The molecule has 0 atom stereocenters. The van der Waals surface area contributed by atoms with Gasteiger partial charge in [0, 0.05) is 55.6 Å². The van der Waals surface area contributed by atoms with E-state index in [1.54, 1.807) is 6.20 Å². The van der Waals surface area contributed by atoms with Crippen LogP contribution in [0.2, 0.25) is 0 Å². The summed E-state index contributed by atoms with van der Waals surface area (Å²) in [5.41, 5.74) is 2.45. The average Bonchev–Trinajstić information content (AvgIpc) is 3.13. The standard InChI is InChI=1S/C21H25N5OS/c27-13-12-25-8-10-26(11-9-25)20-18-16-5-1-2-6-17(16)28-21(18)24-19(23-20)15-4-3-7-22-14-15/h3-4,7,14,27H,1-2,5-6,8-13H2. The molecule has 1 aliphatic heterocycles. The summed E-state index contributed by atoms with van der Waals surface area (Å²) in [4.78, 5) is 21.6. The average molecular weight is 396 g/mol. The van der Waals surface area contributed by atoms with E-state index in [1.165, 1.54) is 35.1 Å². The number of β-amino-alcohol motifs (C(OH)–C–C–N with tert-alkyl or cyclic N) is 1. The third-order valence-corrected chi connectivity index (χ3v) is 6.99. The number of piperazine rings is 1. The van der Waals surface area contributed by atoms with Crippen molar-refractivity contribution in [2.75, 3.05) is 44.2 Å². The second-order valence-electron chi connectivity index (χ2n) is 7.56. The lowest BCUT2D eigenvalue weighted by molar-refractivity contribution is 0.188. The summed E-state index contributed by atoms with van der Waals surface area (Å²) in [5.74, 6) is 1.86. The molecule has 0 unspecified atom stereocenters.